The summed E-state index contributed by atoms with van der Waals surface area (Å²) in [4.78, 5) is 11.8. The van der Waals surface area contributed by atoms with Gasteiger partial charge in [-0.15, -0.1) is 6.58 Å². The minimum Gasteiger partial charge on any atom is -0.465 e. The fourth-order valence-corrected chi connectivity index (χ4v) is 2.33. The summed E-state index contributed by atoms with van der Waals surface area (Å²) >= 11 is 0. The molecule has 0 saturated heterocycles. The van der Waals surface area contributed by atoms with Crippen LogP contribution >= 0.6 is 0 Å². The van der Waals surface area contributed by atoms with E-state index in [9.17, 15) is 9.90 Å². The average molecular weight is 212 g/mol. The molecule has 3 nitrogen and oxygen atoms in total. The number of carbonyl (C=O) groups excluding carboxylic acids is 1. The summed E-state index contributed by atoms with van der Waals surface area (Å²) in [6.45, 7) is 9.29. The van der Waals surface area contributed by atoms with Gasteiger partial charge in [-0.05, 0) is 33.6 Å². The fraction of sp³-hybridized carbons (Fsp3) is 0.750. The fourth-order valence-electron chi connectivity index (χ4n) is 2.33. The molecule has 1 N–H and O–H groups in total. The molecule has 0 aromatic carbocycles. The Labute approximate surface area is 91.1 Å². The van der Waals surface area contributed by atoms with Gasteiger partial charge in [0.1, 0.15) is 0 Å². The molecule has 0 radical (unpaired) electrons. The molecular formula is C12H20O3. The van der Waals surface area contributed by atoms with Crippen molar-refractivity contribution in [2.75, 3.05) is 6.61 Å². The highest BCUT2D eigenvalue weighted by Gasteiger charge is 2.57. The quantitative estimate of drug-likeness (QED) is 0.574. The second kappa shape index (κ2) is 3.97. The molecular weight excluding hydrogens is 192 g/mol. The molecule has 15 heavy (non-hydrogen) atoms. The molecule has 1 aliphatic carbocycles. The average Bonchev–Trinajstić information content (AvgIpc) is 2.40. The molecule has 3 heteroatoms. The second-order valence-electron chi connectivity index (χ2n) is 4.58. The first-order valence-corrected chi connectivity index (χ1v) is 5.42. The number of carbonyl (C=O) groups is 1. The number of aliphatic hydroxyl groups is 1. The lowest BCUT2D eigenvalue weighted by Crippen LogP contribution is -2.49. The molecule has 0 aliphatic heterocycles. The number of hydrogen-bond acceptors (Lipinski definition) is 3. The number of ether oxygens (including phenoxy) is 1. The van der Waals surface area contributed by atoms with Gasteiger partial charge in [0.15, 0.2) is 0 Å². The number of esters is 1. The first-order valence-electron chi connectivity index (χ1n) is 5.42. The highest BCUT2D eigenvalue weighted by atomic mass is 16.5. The number of rotatable bonds is 3. The Hall–Kier alpha value is -0.830. The minimum absolute atomic E-state index is 0.0353. The van der Waals surface area contributed by atoms with Gasteiger partial charge in [0.2, 0.25) is 0 Å². The zero-order chi connectivity index (χ0) is 11.7. The zero-order valence-corrected chi connectivity index (χ0v) is 9.75. The van der Waals surface area contributed by atoms with E-state index in [4.69, 9.17) is 4.74 Å². The first kappa shape index (κ1) is 12.2. The molecule has 86 valence electrons. The highest BCUT2D eigenvalue weighted by molar-refractivity contribution is 5.78. The Kier molecular flexibility index (Phi) is 3.24. The molecule has 1 rings (SSSR count). The van der Waals surface area contributed by atoms with Crippen molar-refractivity contribution in [3.63, 3.8) is 0 Å². The third kappa shape index (κ3) is 1.69. The lowest BCUT2D eigenvalue weighted by molar-refractivity contribution is -0.169. The van der Waals surface area contributed by atoms with Gasteiger partial charge < -0.3 is 9.84 Å². The molecule has 3 atom stereocenters. The summed E-state index contributed by atoms with van der Waals surface area (Å²) in [6.07, 6.45) is 3.16. The van der Waals surface area contributed by atoms with Gasteiger partial charge in [0, 0.05) is 5.92 Å². The van der Waals surface area contributed by atoms with Crippen molar-refractivity contribution in [3.05, 3.63) is 12.7 Å². The van der Waals surface area contributed by atoms with Crippen LogP contribution in [0.15, 0.2) is 12.7 Å². The summed E-state index contributed by atoms with van der Waals surface area (Å²) in [5.74, 6) is -0.341. The van der Waals surface area contributed by atoms with Crippen LogP contribution < -0.4 is 0 Å². The van der Waals surface area contributed by atoms with Crippen molar-refractivity contribution in [1.29, 1.82) is 0 Å². The van der Waals surface area contributed by atoms with Crippen molar-refractivity contribution in [3.8, 4) is 0 Å². The van der Waals surface area contributed by atoms with Crippen molar-refractivity contribution in [2.45, 2.75) is 39.2 Å². The Balaban J connectivity index is 2.95. The molecule has 0 heterocycles. The number of hydrogen-bond donors (Lipinski definition) is 1. The minimum atomic E-state index is -1.05. The van der Waals surface area contributed by atoms with Gasteiger partial charge in [-0.2, -0.15) is 0 Å². The lowest BCUT2D eigenvalue weighted by Gasteiger charge is -2.37. The monoisotopic (exact) mass is 212 g/mol. The van der Waals surface area contributed by atoms with Gasteiger partial charge in [-0.25, -0.2) is 0 Å². The maximum absolute atomic E-state index is 11.8. The van der Waals surface area contributed by atoms with Crippen LogP contribution in [0.4, 0.5) is 0 Å². The van der Waals surface area contributed by atoms with Gasteiger partial charge in [-0.1, -0.05) is 6.08 Å². The Morgan fingerprint density at radius 1 is 1.67 bits per heavy atom. The normalized spacial score (nSPS) is 40.1. The van der Waals surface area contributed by atoms with Gasteiger partial charge in [0.25, 0.3) is 0 Å². The molecule has 0 amide bonds. The van der Waals surface area contributed by atoms with E-state index in [2.05, 4.69) is 6.58 Å². The smallest absolute Gasteiger partial charge is 0.314 e. The third-order valence-corrected chi connectivity index (χ3v) is 3.80. The van der Waals surface area contributed by atoms with Crippen molar-refractivity contribution < 1.29 is 14.6 Å². The van der Waals surface area contributed by atoms with Crippen LogP contribution in [0.2, 0.25) is 0 Å². The van der Waals surface area contributed by atoms with Crippen LogP contribution in [0.3, 0.4) is 0 Å². The predicted molar refractivity (Wildman–Crippen MR) is 58.3 cm³/mol. The molecule has 0 unspecified atom stereocenters. The van der Waals surface area contributed by atoms with Crippen LogP contribution in [-0.4, -0.2) is 23.3 Å². The maximum atomic E-state index is 11.8. The van der Waals surface area contributed by atoms with Gasteiger partial charge in [0.05, 0.1) is 17.6 Å². The molecule has 0 aromatic heterocycles. The third-order valence-electron chi connectivity index (χ3n) is 3.80. The summed E-state index contributed by atoms with van der Waals surface area (Å²) < 4.78 is 5.02. The van der Waals surface area contributed by atoms with Crippen molar-refractivity contribution in [2.24, 2.45) is 11.3 Å². The highest BCUT2D eigenvalue weighted by Crippen LogP contribution is 2.50. The van der Waals surface area contributed by atoms with Crippen LogP contribution in [0.25, 0.3) is 0 Å². The Bertz CT molecular complexity index is 270. The molecule has 1 saturated carbocycles. The van der Waals surface area contributed by atoms with Crippen LogP contribution in [-0.2, 0) is 9.53 Å². The van der Waals surface area contributed by atoms with E-state index in [1.165, 1.54) is 0 Å². The van der Waals surface area contributed by atoms with Gasteiger partial charge in [-0.3, -0.25) is 4.79 Å². The van der Waals surface area contributed by atoms with Crippen LogP contribution in [0, 0.1) is 11.3 Å². The maximum Gasteiger partial charge on any atom is 0.314 e. The van der Waals surface area contributed by atoms with E-state index in [1.807, 2.05) is 0 Å². The van der Waals surface area contributed by atoms with E-state index < -0.39 is 11.0 Å². The van der Waals surface area contributed by atoms with E-state index >= 15 is 0 Å². The van der Waals surface area contributed by atoms with Crippen molar-refractivity contribution >= 4 is 5.97 Å². The van der Waals surface area contributed by atoms with E-state index in [0.717, 1.165) is 6.42 Å². The molecule has 1 fully saturated rings. The summed E-state index contributed by atoms with van der Waals surface area (Å²) in [5.41, 5.74) is -1.86. The standard InChI is InChI=1S/C12H20O3/c1-5-9-7-8-11(3,12(9,4)14)10(13)15-6-2/h5,9,14H,1,6-8H2,2-4H3/t9-,11-,12-/m1/s1. The van der Waals surface area contributed by atoms with E-state index in [-0.39, 0.29) is 11.9 Å². The zero-order valence-electron chi connectivity index (χ0n) is 9.75. The topological polar surface area (TPSA) is 46.5 Å². The predicted octanol–water partition coefficient (Wildman–Crippen LogP) is 1.90. The molecule has 1 aliphatic rings. The second-order valence-corrected chi connectivity index (χ2v) is 4.58. The molecule has 0 bridgehead atoms. The van der Waals surface area contributed by atoms with Crippen LogP contribution in [0.5, 0.6) is 0 Å². The SMILES string of the molecule is C=C[C@@H]1CC[C@](C)(C(=O)OCC)[C@]1(C)O. The Morgan fingerprint density at radius 3 is 2.67 bits per heavy atom. The van der Waals surface area contributed by atoms with Crippen molar-refractivity contribution in [1.82, 2.24) is 0 Å². The van der Waals surface area contributed by atoms with Crippen LogP contribution in [0.1, 0.15) is 33.6 Å². The summed E-state index contributed by atoms with van der Waals surface area (Å²) in [6, 6.07) is 0. The largest absolute Gasteiger partial charge is 0.465 e. The van der Waals surface area contributed by atoms with E-state index in [0.29, 0.717) is 13.0 Å². The summed E-state index contributed by atoms with van der Waals surface area (Å²) in [5, 5.41) is 10.4. The van der Waals surface area contributed by atoms with Gasteiger partial charge >= 0.3 is 5.97 Å². The first-order chi connectivity index (χ1) is 6.90. The van der Waals surface area contributed by atoms with E-state index in [1.54, 1.807) is 26.8 Å². The lowest BCUT2D eigenvalue weighted by atomic mass is 9.74. The summed E-state index contributed by atoms with van der Waals surface area (Å²) in [7, 11) is 0. The Morgan fingerprint density at radius 2 is 2.27 bits per heavy atom. The molecule has 0 aromatic rings. The molecule has 0 spiro atoms.